The van der Waals surface area contributed by atoms with Crippen molar-refractivity contribution in [3.05, 3.63) is 0 Å². The maximum atomic E-state index is 3.39. The Morgan fingerprint density at radius 3 is 1.60 bits per heavy atom. The Hall–Kier alpha value is -0.0800. The van der Waals surface area contributed by atoms with Crippen molar-refractivity contribution in [1.82, 2.24) is 10.4 Å². The van der Waals surface area contributed by atoms with E-state index in [1.54, 1.807) is 0 Å². The van der Waals surface area contributed by atoms with Gasteiger partial charge >= 0.3 is 0 Å². The molecule has 0 fully saturated rings. The van der Waals surface area contributed by atoms with E-state index in [0.717, 1.165) is 13.1 Å². The molecular weight excluding hydrogens is 124 g/mol. The standard InChI is InChI=1S/C8H20N2/c1-6-10(7-2)9-8(3,4)5/h9H,6-7H2,1-5H3. The maximum Gasteiger partial charge on any atom is 0.0241 e. The summed E-state index contributed by atoms with van der Waals surface area (Å²) in [5.74, 6) is 0. The lowest BCUT2D eigenvalue weighted by atomic mass is 10.1. The first kappa shape index (κ1) is 9.92. The largest absolute Gasteiger partial charge is 0.250 e. The first-order valence-electron chi connectivity index (χ1n) is 4.02. The van der Waals surface area contributed by atoms with E-state index < -0.39 is 0 Å². The molecule has 0 aromatic rings. The van der Waals surface area contributed by atoms with Crippen molar-refractivity contribution in [2.75, 3.05) is 13.1 Å². The summed E-state index contributed by atoms with van der Waals surface area (Å²) in [6.07, 6.45) is 0. The second kappa shape index (κ2) is 3.94. The fourth-order valence-electron chi connectivity index (χ4n) is 0.856. The van der Waals surface area contributed by atoms with Crippen molar-refractivity contribution in [3.8, 4) is 0 Å². The van der Waals surface area contributed by atoms with E-state index in [1.165, 1.54) is 0 Å². The summed E-state index contributed by atoms with van der Waals surface area (Å²) in [7, 11) is 0. The average molecular weight is 144 g/mol. The van der Waals surface area contributed by atoms with Crippen LogP contribution in [0.1, 0.15) is 34.6 Å². The normalized spacial score (nSPS) is 12.6. The summed E-state index contributed by atoms with van der Waals surface area (Å²) < 4.78 is 0. The molecule has 0 saturated carbocycles. The lowest BCUT2D eigenvalue weighted by molar-refractivity contribution is 0.142. The van der Waals surface area contributed by atoms with Crippen molar-refractivity contribution < 1.29 is 0 Å². The van der Waals surface area contributed by atoms with Crippen molar-refractivity contribution in [1.29, 1.82) is 0 Å². The van der Waals surface area contributed by atoms with Gasteiger partial charge in [-0.15, -0.1) is 0 Å². The van der Waals surface area contributed by atoms with Crippen LogP contribution in [0.2, 0.25) is 0 Å². The number of rotatable bonds is 3. The monoisotopic (exact) mass is 144 g/mol. The van der Waals surface area contributed by atoms with E-state index in [1.807, 2.05) is 0 Å². The van der Waals surface area contributed by atoms with Crippen molar-refractivity contribution in [3.63, 3.8) is 0 Å². The van der Waals surface area contributed by atoms with Crippen LogP contribution in [0.4, 0.5) is 0 Å². The molecule has 2 nitrogen and oxygen atoms in total. The molecule has 0 heterocycles. The lowest BCUT2D eigenvalue weighted by Gasteiger charge is -2.29. The third-order valence-electron chi connectivity index (χ3n) is 1.26. The van der Waals surface area contributed by atoms with Gasteiger partial charge in [-0.1, -0.05) is 13.8 Å². The molecule has 0 amide bonds. The van der Waals surface area contributed by atoms with Gasteiger partial charge in [-0.2, -0.15) is 0 Å². The van der Waals surface area contributed by atoms with Crippen LogP contribution in [0.3, 0.4) is 0 Å². The minimum Gasteiger partial charge on any atom is -0.250 e. The Morgan fingerprint density at radius 1 is 1.10 bits per heavy atom. The quantitative estimate of drug-likeness (QED) is 0.606. The molecule has 0 aliphatic rings. The van der Waals surface area contributed by atoms with Crippen LogP contribution in [-0.4, -0.2) is 23.6 Å². The molecule has 0 rings (SSSR count). The van der Waals surface area contributed by atoms with Gasteiger partial charge in [-0.05, 0) is 20.8 Å². The zero-order valence-electron chi connectivity index (χ0n) is 7.86. The Balaban J connectivity index is 3.63. The molecule has 0 aromatic carbocycles. The minimum atomic E-state index is 0.200. The van der Waals surface area contributed by atoms with Crippen molar-refractivity contribution in [2.24, 2.45) is 0 Å². The minimum absolute atomic E-state index is 0.200. The van der Waals surface area contributed by atoms with Crippen LogP contribution in [0.25, 0.3) is 0 Å². The third kappa shape index (κ3) is 4.77. The van der Waals surface area contributed by atoms with E-state index in [0.29, 0.717) is 0 Å². The molecule has 0 spiro atoms. The molecule has 0 unspecified atom stereocenters. The van der Waals surface area contributed by atoms with E-state index in [9.17, 15) is 0 Å². The highest BCUT2D eigenvalue weighted by Gasteiger charge is 2.11. The second-order valence-corrected chi connectivity index (χ2v) is 3.53. The Morgan fingerprint density at radius 2 is 1.50 bits per heavy atom. The van der Waals surface area contributed by atoms with Gasteiger partial charge in [0.05, 0.1) is 0 Å². The van der Waals surface area contributed by atoms with Gasteiger partial charge in [0, 0.05) is 18.6 Å². The van der Waals surface area contributed by atoms with Crippen LogP contribution in [0.15, 0.2) is 0 Å². The van der Waals surface area contributed by atoms with E-state index >= 15 is 0 Å². The number of hydrazine groups is 1. The average Bonchev–Trinajstić information content (AvgIpc) is 1.81. The smallest absolute Gasteiger partial charge is 0.0241 e. The lowest BCUT2D eigenvalue weighted by Crippen LogP contribution is -2.48. The highest BCUT2D eigenvalue weighted by Crippen LogP contribution is 1.99. The fraction of sp³-hybridized carbons (Fsp3) is 1.00. The zero-order valence-corrected chi connectivity index (χ0v) is 7.86. The molecule has 1 N–H and O–H groups in total. The summed E-state index contributed by atoms with van der Waals surface area (Å²) >= 11 is 0. The topological polar surface area (TPSA) is 15.3 Å². The molecule has 2 heteroatoms. The number of hydrogen-bond acceptors (Lipinski definition) is 2. The van der Waals surface area contributed by atoms with Gasteiger partial charge in [0.25, 0.3) is 0 Å². The molecule has 0 atom stereocenters. The first-order valence-corrected chi connectivity index (χ1v) is 4.02. The van der Waals surface area contributed by atoms with E-state index in [2.05, 4.69) is 45.1 Å². The van der Waals surface area contributed by atoms with Crippen LogP contribution < -0.4 is 5.43 Å². The highest BCUT2D eigenvalue weighted by atomic mass is 15.5. The molecule has 0 aromatic heterocycles. The van der Waals surface area contributed by atoms with Crippen LogP contribution in [-0.2, 0) is 0 Å². The molecule has 0 aliphatic carbocycles. The summed E-state index contributed by atoms with van der Waals surface area (Å²) in [4.78, 5) is 0. The second-order valence-electron chi connectivity index (χ2n) is 3.53. The van der Waals surface area contributed by atoms with Gasteiger partial charge < -0.3 is 0 Å². The third-order valence-corrected chi connectivity index (χ3v) is 1.26. The Bertz CT molecular complexity index is 79.7. The summed E-state index contributed by atoms with van der Waals surface area (Å²) in [6, 6.07) is 0. The zero-order chi connectivity index (χ0) is 8.20. The molecule has 0 radical (unpaired) electrons. The molecular formula is C8H20N2. The fourth-order valence-corrected chi connectivity index (χ4v) is 0.856. The Labute approximate surface area is 64.6 Å². The molecule has 0 aliphatic heterocycles. The number of nitrogens with zero attached hydrogens (tertiary/aromatic N) is 1. The van der Waals surface area contributed by atoms with Gasteiger partial charge in [0.1, 0.15) is 0 Å². The van der Waals surface area contributed by atoms with E-state index in [4.69, 9.17) is 0 Å². The Kier molecular flexibility index (Phi) is 3.91. The van der Waals surface area contributed by atoms with Gasteiger partial charge in [0.15, 0.2) is 0 Å². The SMILES string of the molecule is CCN(CC)NC(C)(C)C. The van der Waals surface area contributed by atoms with Gasteiger partial charge in [-0.3, -0.25) is 0 Å². The van der Waals surface area contributed by atoms with Crippen molar-refractivity contribution >= 4 is 0 Å². The molecule has 0 saturated heterocycles. The summed E-state index contributed by atoms with van der Waals surface area (Å²) in [5, 5.41) is 2.21. The first-order chi connectivity index (χ1) is 4.49. The summed E-state index contributed by atoms with van der Waals surface area (Å²) in [6.45, 7) is 13.0. The van der Waals surface area contributed by atoms with Gasteiger partial charge in [0.2, 0.25) is 0 Å². The highest BCUT2D eigenvalue weighted by molar-refractivity contribution is 4.67. The predicted octanol–water partition coefficient (Wildman–Crippen LogP) is 1.63. The van der Waals surface area contributed by atoms with Crippen molar-refractivity contribution in [2.45, 2.75) is 40.2 Å². The summed E-state index contributed by atoms with van der Waals surface area (Å²) in [5.41, 5.74) is 3.59. The molecule has 0 bridgehead atoms. The molecule has 62 valence electrons. The van der Waals surface area contributed by atoms with Crippen LogP contribution in [0, 0.1) is 0 Å². The maximum absolute atomic E-state index is 3.39. The predicted molar refractivity (Wildman–Crippen MR) is 45.8 cm³/mol. The van der Waals surface area contributed by atoms with E-state index in [-0.39, 0.29) is 5.54 Å². The number of hydrogen-bond donors (Lipinski definition) is 1. The molecule has 10 heavy (non-hydrogen) atoms. The number of nitrogens with one attached hydrogen (secondary N) is 1. The van der Waals surface area contributed by atoms with Crippen LogP contribution in [0.5, 0.6) is 0 Å². The van der Waals surface area contributed by atoms with Gasteiger partial charge in [-0.25, -0.2) is 10.4 Å². The van der Waals surface area contributed by atoms with Crippen LogP contribution >= 0.6 is 0 Å².